The Bertz CT molecular complexity index is 787. The van der Waals surface area contributed by atoms with Gasteiger partial charge in [-0.05, 0) is 12.1 Å². The summed E-state index contributed by atoms with van der Waals surface area (Å²) in [7, 11) is 1.69. The van der Waals surface area contributed by atoms with Crippen molar-refractivity contribution in [1.29, 1.82) is 0 Å². The van der Waals surface area contributed by atoms with Crippen LogP contribution in [-0.2, 0) is 12.7 Å². The molecule has 0 amide bonds. The fourth-order valence-corrected chi connectivity index (χ4v) is 3.13. The van der Waals surface area contributed by atoms with Gasteiger partial charge in [-0.3, -0.25) is 9.89 Å². The van der Waals surface area contributed by atoms with Gasteiger partial charge in [0.1, 0.15) is 12.1 Å². The zero-order chi connectivity index (χ0) is 20.7. The van der Waals surface area contributed by atoms with Gasteiger partial charge in [0.2, 0.25) is 0 Å². The van der Waals surface area contributed by atoms with E-state index in [2.05, 4.69) is 35.6 Å². The third-order valence-electron chi connectivity index (χ3n) is 4.57. The van der Waals surface area contributed by atoms with E-state index in [1.54, 1.807) is 13.3 Å². The maximum Gasteiger partial charge on any atom is 0.419 e. The number of halogens is 3. The number of aromatic nitrogens is 2. The van der Waals surface area contributed by atoms with Crippen LogP contribution >= 0.6 is 0 Å². The number of hydrogen-bond acceptors (Lipinski definition) is 6. The molecule has 0 spiro atoms. The van der Waals surface area contributed by atoms with E-state index in [-0.39, 0.29) is 12.4 Å². The molecule has 0 saturated carbocycles. The van der Waals surface area contributed by atoms with Crippen molar-refractivity contribution < 1.29 is 17.7 Å². The van der Waals surface area contributed by atoms with Crippen molar-refractivity contribution in [1.82, 2.24) is 25.3 Å². The molecule has 0 bridgehead atoms. The van der Waals surface area contributed by atoms with Crippen molar-refractivity contribution in [2.24, 2.45) is 4.99 Å². The summed E-state index contributed by atoms with van der Waals surface area (Å²) >= 11 is 0. The maximum atomic E-state index is 13.0. The van der Waals surface area contributed by atoms with Gasteiger partial charge in [-0.15, -0.1) is 0 Å². The lowest BCUT2D eigenvalue weighted by atomic mass is 10.2. The highest BCUT2D eigenvalue weighted by Crippen LogP contribution is 2.33. The van der Waals surface area contributed by atoms with Crippen LogP contribution in [0.3, 0.4) is 0 Å². The molecule has 1 saturated heterocycles. The fraction of sp³-hybridized carbons (Fsp3) is 0.500. The number of anilines is 1. The number of aliphatic imine (C=N–C) groups is 1. The summed E-state index contributed by atoms with van der Waals surface area (Å²) in [4.78, 5) is 12.5. The van der Waals surface area contributed by atoms with Crippen LogP contribution in [0.25, 0.3) is 0 Å². The molecular formula is C18H24F3N7O. The molecule has 2 aromatic heterocycles. The molecule has 1 fully saturated rings. The highest BCUT2D eigenvalue weighted by atomic mass is 19.4. The van der Waals surface area contributed by atoms with E-state index >= 15 is 0 Å². The van der Waals surface area contributed by atoms with Crippen molar-refractivity contribution >= 4 is 11.8 Å². The van der Waals surface area contributed by atoms with Crippen LogP contribution in [-0.4, -0.2) is 72.2 Å². The largest absolute Gasteiger partial charge is 0.419 e. The van der Waals surface area contributed by atoms with E-state index in [4.69, 9.17) is 4.52 Å². The SMILES string of the molecule is CN=C(NCCNc1ncccc1C(F)(F)F)N1CCN(Cc2ccon2)CC1. The Hall–Kier alpha value is -2.82. The molecule has 1 aliphatic rings. The number of nitrogens with one attached hydrogen (secondary N) is 2. The van der Waals surface area contributed by atoms with Crippen LogP contribution < -0.4 is 10.6 Å². The highest BCUT2D eigenvalue weighted by Gasteiger charge is 2.33. The van der Waals surface area contributed by atoms with Gasteiger partial charge in [0.05, 0.1) is 11.3 Å². The number of alkyl halides is 3. The number of rotatable bonds is 6. The first-order valence-electron chi connectivity index (χ1n) is 9.30. The molecule has 2 aromatic rings. The van der Waals surface area contributed by atoms with Crippen molar-refractivity contribution in [3.63, 3.8) is 0 Å². The molecule has 11 heteroatoms. The predicted molar refractivity (Wildman–Crippen MR) is 102 cm³/mol. The Morgan fingerprint density at radius 2 is 2.00 bits per heavy atom. The van der Waals surface area contributed by atoms with Gasteiger partial charge in [0, 0.05) is 65.1 Å². The summed E-state index contributed by atoms with van der Waals surface area (Å²) in [6.07, 6.45) is -1.54. The summed E-state index contributed by atoms with van der Waals surface area (Å²) in [5, 5.41) is 9.86. The van der Waals surface area contributed by atoms with Crippen LogP contribution in [0.1, 0.15) is 11.3 Å². The average molecular weight is 411 g/mol. The standard InChI is InChI=1S/C18H24F3N7O/c1-22-17(28-10-8-27(9-11-28)13-14-4-12-29-26-14)25-7-6-24-16-15(18(19,20)21)3-2-5-23-16/h2-5,12H,6-11,13H2,1H3,(H,22,25)(H,23,24). The van der Waals surface area contributed by atoms with Gasteiger partial charge >= 0.3 is 6.18 Å². The van der Waals surface area contributed by atoms with Gasteiger partial charge < -0.3 is 20.1 Å². The van der Waals surface area contributed by atoms with Gasteiger partial charge in [-0.1, -0.05) is 5.16 Å². The summed E-state index contributed by atoms with van der Waals surface area (Å²) < 4.78 is 43.9. The molecule has 0 atom stereocenters. The summed E-state index contributed by atoms with van der Waals surface area (Å²) in [6, 6.07) is 4.14. The minimum absolute atomic E-state index is 0.168. The lowest BCUT2D eigenvalue weighted by molar-refractivity contribution is -0.137. The third kappa shape index (κ3) is 5.83. The minimum Gasteiger partial charge on any atom is -0.368 e. The molecule has 0 radical (unpaired) electrons. The van der Waals surface area contributed by atoms with Crippen molar-refractivity contribution in [3.05, 3.63) is 41.9 Å². The summed E-state index contributed by atoms with van der Waals surface area (Å²) in [6.45, 7) is 4.74. The topological polar surface area (TPSA) is 81.8 Å². The lowest BCUT2D eigenvalue weighted by Gasteiger charge is -2.36. The zero-order valence-electron chi connectivity index (χ0n) is 16.1. The highest BCUT2D eigenvalue weighted by molar-refractivity contribution is 5.80. The maximum absolute atomic E-state index is 13.0. The Morgan fingerprint density at radius 1 is 1.21 bits per heavy atom. The van der Waals surface area contributed by atoms with Crippen LogP contribution in [0.15, 0.2) is 40.2 Å². The smallest absolute Gasteiger partial charge is 0.368 e. The Morgan fingerprint density at radius 3 is 2.66 bits per heavy atom. The van der Waals surface area contributed by atoms with Gasteiger partial charge in [-0.2, -0.15) is 13.2 Å². The van der Waals surface area contributed by atoms with E-state index in [0.717, 1.165) is 50.4 Å². The number of hydrogen-bond donors (Lipinski definition) is 2. The first-order chi connectivity index (χ1) is 14.0. The first-order valence-corrected chi connectivity index (χ1v) is 9.30. The molecule has 0 aliphatic carbocycles. The van der Waals surface area contributed by atoms with Crippen LogP contribution in [0.5, 0.6) is 0 Å². The van der Waals surface area contributed by atoms with Crippen molar-refractivity contribution in [3.8, 4) is 0 Å². The van der Waals surface area contributed by atoms with E-state index in [1.165, 1.54) is 12.3 Å². The van der Waals surface area contributed by atoms with Crippen molar-refractivity contribution in [2.75, 3.05) is 51.6 Å². The normalized spacial score (nSPS) is 16.1. The summed E-state index contributed by atoms with van der Waals surface area (Å²) in [5.74, 6) is 0.559. The molecule has 1 aliphatic heterocycles. The second-order valence-corrected chi connectivity index (χ2v) is 6.55. The lowest BCUT2D eigenvalue weighted by Crippen LogP contribution is -2.52. The zero-order valence-corrected chi connectivity index (χ0v) is 16.1. The van der Waals surface area contributed by atoms with Gasteiger partial charge in [0.25, 0.3) is 0 Å². The number of nitrogens with zero attached hydrogens (tertiary/aromatic N) is 5. The number of pyridine rings is 1. The molecule has 0 aromatic carbocycles. The molecule has 8 nitrogen and oxygen atoms in total. The van der Waals surface area contributed by atoms with Crippen LogP contribution in [0.4, 0.5) is 19.0 Å². The Labute approximate surface area is 166 Å². The molecule has 29 heavy (non-hydrogen) atoms. The molecule has 0 unspecified atom stereocenters. The Kier molecular flexibility index (Phi) is 6.91. The van der Waals surface area contributed by atoms with E-state index in [0.29, 0.717) is 6.54 Å². The van der Waals surface area contributed by atoms with Crippen LogP contribution in [0.2, 0.25) is 0 Å². The van der Waals surface area contributed by atoms with Gasteiger partial charge in [-0.25, -0.2) is 4.98 Å². The quantitative estimate of drug-likeness (QED) is 0.427. The molecule has 3 rings (SSSR count). The van der Waals surface area contributed by atoms with E-state index < -0.39 is 11.7 Å². The second kappa shape index (κ2) is 9.59. The monoisotopic (exact) mass is 411 g/mol. The number of piperazine rings is 1. The first kappa shape index (κ1) is 20.9. The predicted octanol–water partition coefficient (Wildman–Crippen LogP) is 1.89. The van der Waals surface area contributed by atoms with Crippen molar-refractivity contribution in [2.45, 2.75) is 12.7 Å². The molecule has 3 heterocycles. The molecule has 2 N–H and O–H groups in total. The minimum atomic E-state index is -4.44. The third-order valence-corrected chi connectivity index (χ3v) is 4.57. The molecular weight excluding hydrogens is 387 g/mol. The van der Waals surface area contributed by atoms with E-state index in [1.807, 2.05) is 6.07 Å². The molecule has 158 valence electrons. The van der Waals surface area contributed by atoms with Crippen LogP contribution in [0, 0.1) is 0 Å². The fourth-order valence-electron chi connectivity index (χ4n) is 3.13. The number of guanidine groups is 1. The second-order valence-electron chi connectivity index (χ2n) is 6.55. The average Bonchev–Trinajstić information content (AvgIpc) is 3.21. The van der Waals surface area contributed by atoms with Gasteiger partial charge in [0.15, 0.2) is 5.96 Å². The Balaban J connectivity index is 1.42. The van der Waals surface area contributed by atoms with E-state index in [9.17, 15) is 13.2 Å². The summed E-state index contributed by atoms with van der Waals surface area (Å²) in [5.41, 5.74) is 0.132.